The van der Waals surface area contributed by atoms with Crippen molar-refractivity contribution in [2.24, 2.45) is 0 Å². The minimum atomic E-state index is 0.315. The van der Waals surface area contributed by atoms with E-state index in [0.29, 0.717) is 19.3 Å². The van der Waals surface area contributed by atoms with Gasteiger partial charge in [-0.1, -0.05) is 23.7 Å². The van der Waals surface area contributed by atoms with E-state index >= 15 is 0 Å². The van der Waals surface area contributed by atoms with Crippen LogP contribution in [0.3, 0.4) is 0 Å². The van der Waals surface area contributed by atoms with Crippen LogP contribution in [0.15, 0.2) is 36.4 Å². The van der Waals surface area contributed by atoms with Gasteiger partial charge in [0.25, 0.3) is 0 Å². The summed E-state index contributed by atoms with van der Waals surface area (Å²) in [6.45, 7) is 3.86. The number of halogens is 1. The van der Waals surface area contributed by atoms with Gasteiger partial charge in [0.2, 0.25) is 0 Å². The molecule has 1 saturated heterocycles. The number of ether oxygens (including phenoxy) is 2. The summed E-state index contributed by atoms with van der Waals surface area (Å²) in [6.07, 6.45) is 2.39. The summed E-state index contributed by atoms with van der Waals surface area (Å²) < 4.78 is 12.5. The predicted octanol–water partition coefficient (Wildman–Crippen LogP) is 5.20. The van der Waals surface area contributed by atoms with Gasteiger partial charge in [-0.15, -0.1) is 11.3 Å². The molecule has 0 unspecified atom stereocenters. The molecule has 4 nitrogen and oxygen atoms in total. The minimum Gasteiger partial charge on any atom is -0.467 e. The van der Waals surface area contributed by atoms with Crippen LogP contribution in [0.1, 0.15) is 34.9 Å². The van der Waals surface area contributed by atoms with Crippen LogP contribution in [0, 0.1) is 0 Å². The molecule has 0 N–H and O–H groups in total. The minimum absolute atomic E-state index is 0.315. The van der Waals surface area contributed by atoms with Gasteiger partial charge < -0.3 is 9.47 Å². The molecular formula is C21H21ClN2O2S. The Balaban J connectivity index is 1.36. The van der Waals surface area contributed by atoms with Gasteiger partial charge in [0.15, 0.2) is 6.79 Å². The molecule has 27 heavy (non-hydrogen) atoms. The Morgan fingerprint density at radius 2 is 2.19 bits per heavy atom. The summed E-state index contributed by atoms with van der Waals surface area (Å²) in [6, 6.07) is 12.4. The zero-order valence-electron chi connectivity index (χ0n) is 15.0. The number of nitrogens with zero attached hydrogens (tertiary/aromatic N) is 2. The third-order valence-corrected chi connectivity index (χ3v) is 6.73. The summed E-state index contributed by atoms with van der Waals surface area (Å²) >= 11 is 8.17. The monoisotopic (exact) mass is 400 g/mol. The number of para-hydroxylation sites is 1. The van der Waals surface area contributed by atoms with E-state index in [0.717, 1.165) is 47.1 Å². The Bertz CT molecular complexity index is 941. The molecule has 0 spiro atoms. The molecule has 0 amide bonds. The van der Waals surface area contributed by atoms with E-state index in [1.807, 2.05) is 23.5 Å². The highest BCUT2D eigenvalue weighted by molar-refractivity contribution is 7.18. The van der Waals surface area contributed by atoms with Crippen molar-refractivity contribution in [1.82, 2.24) is 9.88 Å². The molecule has 1 atom stereocenters. The molecule has 5 rings (SSSR count). The molecule has 1 fully saturated rings. The maximum atomic E-state index is 6.33. The van der Waals surface area contributed by atoms with Crippen molar-refractivity contribution in [2.75, 3.05) is 19.9 Å². The summed E-state index contributed by atoms with van der Waals surface area (Å²) in [5.74, 6) is 1.45. The second-order valence-electron chi connectivity index (χ2n) is 7.26. The molecule has 6 heteroatoms. The Labute approximate surface area is 167 Å². The smallest absolute Gasteiger partial charge is 0.189 e. The average molecular weight is 401 g/mol. The van der Waals surface area contributed by atoms with E-state index in [-0.39, 0.29) is 0 Å². The summed E-state index contributed by atoms with van der Waals surface area (Å²) in [5.41, 5.74) is 3.32. The number of fused-ring (bicyclic) bond motifs is 2. The molecule has 2 aliphatic heterocycles. The first-order valence-electron chi connectivity index (χ1n) is 9.36. The first-order chi connectivity index (χ1) is 13.3. The van der Waals surface area contributed by atoms with Crippen LogP contribution in [-0.2, 0) is 17.9 Å². The van der Waals surface area contributed by atoms with Crippen molar-refractivity contribution in [3.8, 4) is 5.75 Å². The SMILES string of the molecule is Clc1cc2c(c(CN3CCC[C@H](c4nc5ccccc5s4)C3)c1)OCOC2. The molecule has 3 heterocycles. The fraction of sp³-hybridized carbons (Fsp3) is 0.381. The highest BCUT2D eigenvalue weighted by atomic mass is 35.5. The number of aromatic nitrogens is 1. The van der Waals surface area contributed by atoms with Gasteiger partial charge in [-0.05, 0) is 43.7 Å². The summed E-state index contributed by atoms with van der Waals surface area (Å²) in [5, 5.41) is 2.01. The zero-order valence-corrected chi connectivity index (χ0v) is 16.6. The second kappa shape index (κ2) is 7.40. The molecule has 0 bridgehead atoms. The largest absolute Gasteiger partial charge is 0.467 e. The topological polar surface area (TPSA) is 34.6 Å². The van der Waals surface area contributed by atoms with Crippen LogP contribution in [0.5, 0.6) is 5.75 Å². The number of hydrogen-bond donors (Lipinski definition) is 0. The van der Waals surface area contributed by atoms with Crippen LogP contribution in [0.25, 0.3) is 10.2 Å². The van der Waals surface area contributed by atoms with Crippen molar-refractivity contribution in [3.63, 3.8) is 0 Å². The van der Waals surface area contributed by atoms with Gasteiger partial charge >= 0.3 is 0 Å². The van der Waals surface area contributed by atoms with E-state index in [9.17, 15) is 0 Å². The lowest BCUT2D eigenvalue weighted by atomic mass is 9.97. The lowest BCUT2D eigenvalue weighted by Gasteiger charge is -2.32. The van der Waals surface area contributed by atoms with Crippen LogP contribution < -0.4 is 4.74 Å². The second-order valence-corrected chi connectivity index (χ2v) is 8.76. The van der Waals surface area contributed by atoms with Crippen molar-refractivity contribution in [2.45, 2.75) is 31.9 Å². The number of hydrogen-bond acceptors (Lipinski definition) is 5. The Morgan fingerprint density at radius 3 is 3.11 bits per heavy atom. The van der Waals surface area contributed by atoms with Crippen LogP contribution in [-0.4, -0.2) is 29.8 Å². The molecule has 0 aliphatic carbocycles. The van der Waals surface area contributed by atoms with Crippen LogP contribution >= 0.6 is 22.9 Å². The third kappa shape index (κ3) is 3.57. The van der Waals surface area contributed by atoms with Crippen molar-refractivity contribution < 1.29 is 9.47 Å². The van der Waals surface area contributed by atoms with E-state index in [1.165, 1.54) is 22.5 Å². The Morgan fingerprint density at radius 1 is 1.26 bits per heavy atom. The molecule has 140 valence electrons. The quantitative estimate of drug-likeness (QED) is 0.605. The molecule has 2 aliphatic rings. The average Bonchev–Trinajstić information content (AvgIpc) is 3.12. The number of piperidine rings is 1. The maximum Gasteiger partial charge on any atom is 0.189 e. The van der Waals surface area contributed by atoms with Crippen molar-refractivity contribution >= 4 is 33.2 Å². The predicted molar refractivity (Wildman–Crippen MR) is 109 cm³/mol. The standard InChI is InChI=1S/C21H21ClN2O2S/c22-17-8-15(20-16(9-17)12-25-13-26-20)11-24-7-3-4-14(10-24)21-23-18-5-1-2-6-19(18)27-21/h1-2,5-6,8-9,14H,3-4,7,10-13H2/t14-/m0/s1. The van der Waals surface area contributed by atoms with Gasteiger partial charge in [-0.25, -0.2) is 4.98 Å². The van der Waals surface area contributed by atoms with Crippen LogP contribution in [0.4, 0.5) is 0 Å². The molecule has 3 aromatic rings. The molecule has 2 aromatic carbocycles. The first kappa shape index (κ1) is 17.4. The normalized spacial score (nSPS) is 20.4. The number of benzene rings is 2. The number of thiazole rings is 1. The maximum absolute atomic E-state index is 6.33. The van der Waals surface area contributed by atoms with Gasteiger partial charge in [0.1, 0.15) is 5.75 Å². The highest BCUT2D eigenvalue weighted by Gasteiger charge is 2.26. The number of likely N-dealkylation sites (tertiary alicyclic amines) is 1. The Hall–Kier alpha value is -1.66. The summed E-state index contributed by atoms with van der Waals surface area (Å²) in [4.78, 5) is 7.40. The van der Waals surface area contributed by atoms with Gasteiger partial charge in [-0.3, -0.25) is 4.90 Å². The fourth-order valence-corrected chi connectivity index (χ4v) is 5.44. The third-order valence-electron chi connectivity index (χ3n) is 5.31. The lowest BCUT2D eigenvalue weighted by molar-refractivity contribution is -0.0175. The summed E-state index contributed by atoms with van der Waals surface area (Å²) in [7, 11) is 0. The van der Waals surface area contributed by atoms with Gasteiger partial charge in [0.05, 0.1) is 21.8 Å². The molecule has 1 aromatic heterocycles. The van der Waals surface area contributed by atoms with Gasteiger partial charge in [0, 0.05) is 35.2 Å². The number of rotatable bonds is 3. The molecular weight excluding hydrogens is 380 g/mol. The highest BCUT2D eigenvalue weighted by Crippen LogP contribution is 2.36. The van der Waals surface area contributed by atoms with E-state index in [2.05, 4.69) is 29.2 Å². The first-order valence-corrected chi connectivity index (χ1v) is 10.6. The Kier molecular flexibility index (Phi) is 4.78. The zero-order chi connectivity index (χ0) is 18.2. The van der Waals surface area contributed by atoms with Crippen LogP contribution in [0.2, 0.25) is 5.02 Å². The fourth-order valence-electron chi connectivity index (χ4n) is 4.08. The van der Waals surface area contributed by atoms with Crippen molar-refractivity contribution in [1.29, 1.82) is 0 Å². The van der Waals surface area contributed by atoms with E-state index in [1.54, 1.807) is 0 Å². The lowest BCUT2D eigenvalue weighted by Crippen LogP contribution is -2.34. The molecule has 0 saturated carbocycles. The van der Waals surface area contributed by atoms with E-state index in [4.69, 9.17) is 26.1 Å². The van der Waals surface area contributed by atoms with E-state index < -0.39 is 0 Å². The van der Waals surface area contributed by atoms with Crippen molar-refractivity contribution in [3.05, 3.63) is 57.6 Å². The molecule has 0 radical (unpaired) electrons. The van der Waals surface area contributed by atoms with Gasteiger partial charge in [-0.2, -0.15) is 0 Å².